The highest BCUT2D eigenvalue weighted by Gasteiger charge is 2.18. The van der Waals surface area contributed by atoms with Crippen molar-refractivity contribution in [2.45, 2.75) is 71.3 Å². The third-order valence-corrected chi connectivity index (χ3v) is 4.80. The highest BCUT2D eigenvalue weighted by Crippen LogP contribution is 2.33. The van der Waals surface area contributed by atoms with Gasteiger partial charge in [0.15, 0.2) is 0 Å². The van der Waals surface area contributed by atoms with Crippen LogP contribution in [0.3, 0.4) is 0 Å². The normalized spacial score (nSPS) is 15.5. The fraction of sp³-hybridized carbons (Fsp3) is 0.550. The number of anilines is 1. The van der Waals surface area contributed by atoms with E-state index >= 15 is 0 Å². The Bertz CT molecular complexity index is 633. The Morgan fingerprint density at radius 3 is 2.82 bits per heavy atom. The van der Waals surface area contributed by atoms with Crippen LogP contribution in [0.4, 0.5) is 5.69 Å². The molecule has 2 nitrogen and oxygen atoms in total. The van der Waals surface area contributed by atoms with Gasteiger partial charge in [-0.1, -0.05) is 44.4 Å². The van der Waals surface area contributed by atoms with Crippen molar-refractivity contribution in [2.75, 3.05) is 5.32 Å². The van der Waals surface area contributed by atoms with Crippen molar-refractivity contribution in [1.82, 2.24) is 4.98 Å². The van der Waals surface area contributed by atoms with Crippen LogP contribution in [0, 0.1) is 0 Å². The van der Waals surface area contributed by atoms with E-state index in [1.807, 2.05) is 0 Å². The van der Waals surface area contributed by atoms with Gasteiger partial charge in [0, 0.05) is 22.8 Å². The largest absolute Gasteiger partial charge is 0.382 e. The second kappa shape index (κ2) is 7.13. The van der Waals surface area contributed by atoms with Crippen LogP contribution in [0.5, 0.6) is 0 Å². The number of nitrogens with zero attached hydrogens (tertiary/aromatic N) is 1. The van der Waals surface area contributed by atoms with Gasteiger partial charge in [0.1, 0.15) is 0 Å². The Kier molecular flexibility index (Phi) is 4.97. The van der Waals surface area contributed by atoms with E-state index in [-0.39, 0.29) is 0 Å². The molecule has 1 N–H and O–H groups in total. The Morgan fingerprint density at radius 1 is 1.14 bits per heavy atom. The van der Waals surface area contributed by atoms with Crippen molar-refractivity contribution in [3.05, 3.63) is 35.5 Å². The standard InChI is InChI=1S/C20H28N2/c1-3-4-5-10-15(2)21-20-16-11-6-8-13-18(16)22-19-14-9-7-12-17(19)20/h6,8,11,13,15H,3-5,7,9-10,12,14H2,1-2H3,(H,21,22). The summed E-state index contributed by atoms with van der Waals surface area (Å²) in [5.41, 5.74) is 5.32. The van der Waals surface area contributed by atoms with Crippen molar-refractivity contribution in [2.24, 2.45) is 0 Å². The third kappa shape index (κ3) is 3.26. The summed E-state index contributed by atoms with van der Waals surface area (Å²) in [6.45, 7) is 4.59. The van der Waals surface area contributed by atoms with Crippen LogP contribution in [0.2, 0.25) is 0 Å². The molecule has 2 aromatic rings. The van der Waals surface area contributed by atoms with Gasteiger partial charge in [-0.15, -0.1) is 0 Å². The van der Waals surface area contributed by atoms with Crippen molar-refractivity contribution in [3.8, 4) is 0 Å². The quantitative estimate of drug-likeness (QED) is 0.712. The summed E-state index contributed by atoms with van der Waals surface area (Å²) >= 11 is 0. The van der Waals surface area contributed by atoms with Crippen LogP contribution in [-0.4, -0.2) is 11.0 Å². The fourth-order valence-corrected chi connectivity index (χ4v) is 3.56. The molecule has 1 heterocycles. The zero-order valence-electron chi connectivity index (χ0n) is 14.0. The van der Waals surface area contributed by atoms with Crippen LogP contribution in [0.25, 0.3) is 10.9 Å². The lowest BCUT2D eigenvalue weighted by atomic mass is 9.92. The highest BCUT2D eigenvalue weighted by atomic mass is 14.9. The molecular weight excluding hydrogens is 268 g/mol. The molecule has 2 heteroatoms. The lowest BCUT2D eigenvalue weighted by Crippen LogP contribution is -2.19. The summed E-state index contributed by atoms with van der Waals surface area (Å²) in [6, 6.07) is 9.13. The predicted molar refractivity (Wildman–Crippen MR) is 95.6 cm³/mol. The molecule has 1 aliphatic rings. The smallest absolute Gasteiger partial charge is 0.0726 e. The van der Waals surface area contributed by atoms with Crippen LogP contribution >= 0.6 is 0 Å². The van der Waals surface area contributed by atoms with Crippen molar-refractivity contribution in [3.63, 3.8) is 0 Å². The molecule has 0 saturated heterocycles. The Morgan fingerprint density at radius 2 is 1.95 bits per heavy atom. The number of benzene rings is 1. The van der Waals surface area contributed by atoms with E-state index in [1.165, 1.54) is 67.3 Å². The summed E-state index contributed by atoms with van der Waals surface area (Å²) < 4.78 is 0. The summed E-state index contributed by atoms with van der Waals surface area (Å²) in [7, 11) is 0. The van der Waals surface area contributed by atoms with Gasteiger partial charge >= 0.3 is 0 Å². The van der Waals surface area contributed by atoms with Crippen LogP contribution in [-0.2, 0) is 12.8 Å². The fourth-order valence-electron chi connectivity index (χ4n) is 3.56. The van der Waals surface area contributed by atoms with Gasteiger partial charge in [-0.3, -0.25) is 4.98 Å². The average Bonchev–Trinajstić information content (AvgIpc) is 2.55. The lowest BCUT2D eigenvalue weighted by molar-refractivity contribution is 0.613. The maximum absolute atomic E-state index is 4.92. The Hall–Kier alpha value is -1.57. The number of rotatable bonds is 6. The number of para-hydroxylation sites is 1. The minimum atomic E-state index is 0.531. The summed E-state index contributed by atoms with van der Waals surface area (Å²) in [4.78, 5) is 4.92. The van der Waals surface area contributed by atoms with E-state index in [4.69, 9.17) is 4.98 Å². The Balaban J connectivity index is 1.92. The van der Waals surface area contributed by atoms with E-state index in [0.29, 0.717) is 6.04 Å². The SMILES string of the molecule is CCCCCC(C)Nc1c2c(nc3ccccc13)CCCC2. The van der Waals surface area contributed by atoms with Crippen molar-refractivity contribution in [1.29, 1.82) is 0 Å². The molecule has 118 valence electrons. The summed E-state index contributed by atoms with van der Waals surface area (Å²) in [5, 5.41) is 5.13. The number of aromatic nitrogens is 1. The van der Waals surface area contributed by atoms with Gasteiger partial charge in [-0.25, -0.2) is 0 Å². The first-order valence-corrected chi connectivity index (χ1v) is 8.96. The maximum atomic E-state index is 4.92. The second-order valence-corrected chi connectivity index (χ2v) is 6.68. The zero-order valence-corrected chi connectivity index (χ0v) is 14.0. The van der Waals surface area contributed by atoms with E-state index in [1.54, 1.807) is 0 Å². The summed E-state index contributed by atoms with van der Waals surface area (Å²) in [5.74, 6) is 0. The first kappa shape index (κ1) is 15.3. The average molecular weight is 296 g/mol. The Labute approximate surface area is 134 Å². The number of aryl methyl sites for hydroxylation is 1. The van der Waals surface area contributed by atoms with Crippen LogP contribution < -0.4 is 5.32 Å². The molecule has 0 bridgehead atoms. The van der Waals surface area contributed by atoms with Gasteiger partial charge in [0.2, 0.25) is 0 Å². The van der Waals surface area contributed by atoms with Gasteiger partial charge in [-0.2, -0.15) is 0 Å². The predicted octanol–water partition coefficient (Wildman–Crippen LogP) is 5.49. The molecule has 0 aliphatic heterocycles. The van der Waals surface area contributed by atoms with E-state index in [2.05, 4.69) is 43.4 Å². The molecular formula is C20H28N2. The number of hydrogen-bond acceptors (Lipinski definition) is 2. The minimum absolute atomic E-state index is 0.531. The molecule has 0 fully saturated rings. The van der Waals surface area contributed by atoms with E-state index in [9.17, 15) is 0 Å². The van der Waals surface area contributed by atoms with E-state index < -0.39 is 0 Å². The second-order valence-electron chi connectivity index (χ2n) is 6.68. The van der Waals surface area contributed by atoms with Gasteiger partial charge in [0.25, 0.3) is 0 Å². The molecule has 0 amide bonds. The highest BCUT2D eigenvalue weighted by molar-refractivity contribution is 5.93. The zero-order chi connectivity index (χ0) is 15.4. The number of unbranched alkanes of at least 4 members (excludes halogenated alkanes) is 2. The molecule has 1 unspecified atom stereocenters. The first-order chi connectivity index (χ1) is 10.8. The minimum Gasteiger partial charge on any atom is -0.382 e. The van der Waals surface area contributed by atoms with E-state index in [0.717, 1.165) is 11.9 Å². The monoisotopic (exact) mass is 296 g/mol. The van der Waals surface area contributed by atoms with Gasteiger partial charge < -0.3 is 5.32 Å². The number of nitrogens with one attached hydrogen (secondary N) is 1. The third-order valence-electron chi connectivity index (χ3n) is 4.80. The number of fused-ring (bicyclic) bond motifs is 2. The van der Waals surface area contributed by atoms with Gasteiger partial charge in [-0.05, 0) is 50.7 Å². The molecule has 3 rings (SSSR count). The molecule has 1 aromatic carbocycles. The molecule has 1 aliphatic carbocycles. The maximum Gasteiger partial charge on any atom is 0.0726 e. The summed E-state index contributed by atoms with van der Waals surface area (Å²) in [6.07, 6.45) is 10.1. The molecule has 0 radical (unpaired) electrons. The van der Waals surface area contributed by atoms with Crippen molar-refractivity contribution >= 4 is 16.6 Å². The molecule has 22 heavy (non-hydrogen) atoms. The first-order valence-electron chi connectivity index (χ1n) is 8.96. The number of pyridine rings is 1. The van der Waals surface area contributed by atoms with Crippen LogP contribution in [0.1, 0.15) is 63.6 Å². The van der Waals surface area contributed by atoms with Crippen LogP contribution in [0.15, 0.2) is 24.3 Å². The molecule has 1 atom stereocenters. The molecule has 0 spiro atoms. The lowest BCUT2D eigenvalue weighted by Gasteiger charge is -2.24. The topological polar surface area (TPSA) is 24.9 Å². The molecule has 0 saturated carbocycles. The van der Waals surface area contributed by atoms with Crippen molar-refractivity contribution < 1.29 is 0 Å². The van der Waals surface area contributed by atoms with Gasteiger partial charge in [0.05, 0.1) is 5.52 Å². The number of hydrogen-bond donors (Lipinski definition) is 1. The molecule has 1 aromatic heterocycles.